The minimum Gasteiger partial charge on any atom is -0.493 e. The molecule has 8 nitrogen and oxygen atoms in total. The normalized spacial score (nSPS) is 13.0. The molecule has 37 heavy (non-hydrogen) atoms. The highest BCUT2D eigenvalue weighted by Gasteiger charge is 2.31. The highest BCUT2D eigenvalue weighted by atomic mass is 19.4. The highest BCUT2D eigenvalue weighted by molar-refractivity contribution is 5.98. The van der Waals surface area contributed by atoms with E-state index in [-0.39, 0.29) is 30.0 Å². The quantitative estimate of drug-likeness (QED) is 0.173. The molecule has 1 atom stereocenters. The number of alkyl halides is 6. The summed E-state index contributed by atoms with van der Waals surface area (Å²) in [6, 6.07) is 8.68. The molecule has 0 radical (unpaired) electrons. The Morgan fingerprint density at radius 2 is 1.57 bits per heavy atom. The van der Waals surface area contributed by atoms with Crippen LogP contribution in [0, 0.1) is 0 Å². The van der Waals surface area contributed by atoms with E-state index in [0.29, 0.717) is 5.56 Å². The van der Waals surface area contributed by atoms with Crippen LogP contribution in [0.2, 0.25) is 0 Å². The maximum Gasteiger partial charge on any atom is 0.573 e. The number of hydrogen-bond donors (Lipinski definition) is 3. The van der Waals surface area contributed by atoms with Crippen LogP contribution in [0.5, 0.6) is 11.5 Å². The number of nitrogens with one attached hydrogen (secondary N) is 2. The minimum atomic E-state index is -4.87. The van der Waals surface area contributed by atoms with Gasteiger partial charge >= 0.3 is 12.5 Å². The summed E-state index contributed by atoms with van der Waals surface area (Å²) < 4.78 is 82.6. The van der Waals surface area contributed by atoms with Crippen LogP contribution in [0.15, 0.2) is 53.7 Å². The Bertz CT molecular complexity index is 1070. The minimum absolute atomic E-state index is 0.0722. The lowest BCUT2D eigenvalue weighted by Gasteiger charge is -2.19. The number of nitrogens with zero attached hydrogens (tertiary/aromatic N) is 1. The van der Waals surface area contributed by atoms with E-state index in [2.05, 4.69) is 20.5 Å². The van der Waals surface area contributed by atoms with Gasteiger partial charge in [0, 0.05) is 12.0 Å². The fourth-order valence-electron chi connectivity index (χ4n) is 2.87. The molecule has 2 aromatic rings. The van der Waals surface area contributed by atoms with Crippen LogP contribution in [0.4, 0.5) is 26.3 Å². The van der Waals surface area contributed by atoms with Gasteiger partial charge in [-0.25, -0.2) is 0 Å². The Kier molecular flexibility index (Phi) is 10.1. The number of ether oxygens (including phenoxy) is 2. The van der Waals surface area contributed by atoms with Crippen molar-refractivity contribution in [1.82, 2.24) is 10.6 Å². The summed E-state index contributed by atoms with van der Waals surface area (Å²) in [6.07, 6.45) is -10.5. The molecule has 1 unspecified atom stereocenters. The van der Waals surface area contributed by atoms with Gasteiger partial charge in [0.1, 0.15) is 17.5 Å². The van der Waals surface area contributed by atoms with Crippen LogP contribution < -0.4 is 20.1 Å². The summed E-state index contributed by atoms with van der Waals surface area (Å²) in [4.78, 5) is 25.4. The van der Waals surface area contributed by atoms with Crippen molar-refractivity contribution in [3.05, 3.63) is 59.7 Å². The summed E-state index contributed by atoms with van der Waals surface area (Å²) in [5.74, 6) is -1.73. The van der Waals surface area contributed by atoms with Gasteiger partial charge in [0.15, 0.2) is 0 Å². The van der Waals surface area contributed by atoms with E-state index < -0.39 is 49.2 Å². The van der Waals surface area contributed by atoms with E-state index in [9.17, 15) is 35.9 Å². The maximum atomic E-state index is 12.7. The highest BCUT2D eigenvalue weighted by Crippen LogP contribution is 2.23. The zero-order valence-electron chi connectivity index (χ0n) is 19.3. The fraction of sp³-hybridized carbons (Fsp3) is 0.348. The van der Waals surface area contributed by atoms with E-state index in [1.807, 2.05) is 0 Å². The third kappa shape index (κ3) is 11.1. The van der Waals surface area contributed by atoms with Crippen LogP contribution in [-0.4, -0.2) is 54.5 Å². The number of hydrogen-bond acceptors (Lipinski definition) is 6. The Hall–Kier alpha value is -3.97. The summed E-state index contributed by atoms with van der Waals surface area (Å²) in [5.41, 5.74) is 0.645. The van der Waals surface area contributed by atoms with Crippen molar-refractivity contribution in [3.63, 3.8) is 0 Å². The first kappa shape index (κ1) is 29.3. The van der Waals surface area contributed by atoms with E-state index in [0.717, 1.165) is 12.1 Å². The lowest BCUT2D eigenvalue weighted by atomic mass is 10.0. The average Bonchev–Trinajstić information content (AvgIpc) is 2.81. The third-order valence-electron chi connectivity index (χ3n) is 4.68. The van der Waals surface area contributed by atoms with Gasteiger partial charge in [0.05, 0.1) is 25.3 Å². The lowest BCUT2D eigenvalue weighted by Crippen LogP contribution is -2.49. The van der Waals surface area contributed by atoms with Crippen molar-refractivity contribution in [1.29, 1.82) is 0 Å². The van der Waals surface area contributed by atoms with Gasteiger partial charge in [0.25, 0.3) is 5.91 Å². The smallest absolute Gasteiger partial charge is 0.493 e. The first-order valence-corrected chi connectivity index (χ1v) is 10.7. The van der Waals surface area contributed by atoms with Crippen molar-refractivity contribution in [2.75, 3.05) is 13.2 Å². The largest absolute Gasteiger partial charge is 0.573 e. The second-order valence-corrected chi connectivity index (χ2v) is 7.71. The molecule has 0 saturated heterocycles. The lowest BCUT2D eigenvalue weighted by molar-refractivity contribution is -0.274. The van der Waals surface area contributed by atoms with E-state index in [1.165, 1.54) is 43.3 Å². The zero-order valence-corrected chi connectivity index (χ0v) is 19.3. The van der Waals surface area contributed by atoms with Gasteiger partial charge in [0.2, 0.25) is 5.91 Å². The number of carbonyl (C=O) groups is 2. The number of carbonyl (C=O) groups excluding carboxylic acids is 2. The summed E-state index contributed by atoms with van der Waals surface area (Å²) >= 11 is 0. The van der Waals surface area contributed by atoms with Crippen molar-refractivity contribution in [2.24, 2.45) is 5.16 Å². The second kappa shape index (κ2) is 12.8. The molecule has 14 heteroatoms. The van der Waals surface area contributed by atoms with Crippen molar-refractivity contribution < 1.29 is 50.6 Å². The van der Waals surface area contributed by atoms with E-state index in [1.54, 1.807) is 0 Å². The number of oxime groups is 1. The standard InChI is InChI=1S/C23H23F6N3O5/c1-14(32-35)13-30-21(34)19(12-15-2-6-18(7-3-15)37-23(27,28)29)31-20(33)16-4-8-17(9-5-16)36-11-10-22(24,25)26/h2-9,19,35H,10-13H2,1H3,(H,30,34)(H,31,33)/b32-14+. The topological polar surface area (TPSA) is 109 Å². The summed E-state index contributed by atoms with van der Waals surface area (Å²) in [7, 11) is 0. The fourth-order valence-corrected chi connectivity index (χ4v) is 2.87. The maximum absolute atomic E-state index is 12.7. The molecule has 2 amide bonds. The number of amides is 2. The molecule has 2 rings (SSSR count). The molecule has 0 heterocycles. The SMILES string of the molecule is C/C(CNC(=O)C(Cc1ccc(OC(F)(F)F)cc1)NC(=O)c1ccc(OCCC(F)(F)F)cc1)=N\O. The Labute approximate surface area is 207 Å². The monoisotopic (exact) mass is 535 g/mol. The second-order valence-electron chi connectivity index (χ2n) is 7.71. The van der Waals surface area contributed by atoms with Gasteiger partial charge < -0.3 is 25.3 Å². The van der Waals surface area contributed by atoms with Gasteiger partial charge in [-0.1, -0.05) is 17.3 Å². The molecule has 0 bridgehead atoms. The molecule has 0 aliphatic carbocycles. The van der Waals surface area contributed by atoms with E-state index >= 15 is 0 Å². The summed E-state index contributed by atoms with van der Waals surface area (Å²) in [5, 5.41) is 16.6. The molecule has 0 fully saturated rings. The van der Waals surface area contributed by atoms with Crippen LogP contribution in [0.25, 0.3) is 0 Å². The van der Waals surface area contributed by atoms with Gasteiger partial charge in [-0.15, -0.1) is 13.2 Å². The van der Waals surface area contributed by atoms with Crippen LogP contribution in [-0.2, 0) is 11.2 Å². The number of benzene rings is 2. The van der Waals surface area contributed by atoms with Crippen molar-refractivity contribution >= 4 is 17.5 Å². The molecule has 0 saturated carbocycles. The first-order valence-electron chi connectivity index (χ1n) is 10.7. The molecule has 202 valence electrons. The molecule has 0 aliphatic heterocycles. The predicted octanol–water partition coefficient (Wildman–Crippen LogP) is 4.22. The number of rotatable bonds is 11. The van der Waals surface area contributed by atoms with Crippen LogP contribution in [0.1, 0.15) is 29.3 Å². The molecular formula is C23H23F6N3O5. The van der Waals surface area contributed by atoms with Crippen LogP contribution >= 0.6 is 0 Å². The Morgan fingerprint density at radius 3 is 2.11 bits per heavy atom. The van der Waals surface area contributed by atoms with Gasteiger partial charge in [-0.2, -0.15) is 13.2 Å². The third-order valence-corrected chi connectivity index (χ3v) is 4.68. The number of halogens is 6. The average molecular weight is 535 g/mol. The molecule has 3 N–H and O–H groups in total. The Balaban J connectivity index is 2.10. The molecule has 0 aromatic heterocycles. The van der Waals surface area contributed by atoms with Gasteiger partial charge in [-0.05, 0) is 48.9 Å². The van der Waals surface area contributed by atoms with Gasteiger partial charge in [-0.3, -0.25) is 9.59 Å². The molecular weight excluding hydrogens is 512 g/mol. The Morgan fingerprint density at radius 1 is 0.973 bits per heavy atom. The predicted molar refractivity (Wildman–Crippen MR) is 119 cm³/mol. The molecule has 2 aromatic carbocycles. The van der Waals surface area contributed by atoms with Crippen LogP contribution in [0.3, 0.4) is 0 Å². The molecule has 0 spiro atoms. The van der Waals surface area contributed by atoms with Crippen molar-refractivity contribution in [2.45, 2.75) is 38.3 Å². The molecule has 0 aliphatic rings. The summed E-state index contributed by atoms with van der Waals surface area (Å²) in [6.45, 7) is 0.705. The van der Waals surface area contributed by atoms with Crippen molar-refractivity contribution in [3.8, 4) is 11.5 Å². The first-order chi connectivity index (χ1) is 17.3. The van der Waals surface area contributed by atoms with E-state index in [4.69, 9.17) is 9.94 Å². The zero-order chi connectivity index (χ0) is 27.6.